The number of carbonyl (C=O) groups is 1. The molecule has 0 bridgehead atoms. The van der Waals surface area contributed by atoms with Crippen molar-refractivity contribution >= 4 is 5.91 Å². The van der Waals surface area contributed by atoms with Crippen molar-refractivity contribution in [1.29, 1.82) is 0 Å². The zero-order valence-corrected chi connectivity index (χ0v) is 17.2. The van der Waals surface area contributed by atoms with Crippen LogP contribution in [-0.2, 0) is 24.3 Å². The maximum atomic E-state index is 14.0. The molecule has 1 aromatic heterocycles. The fourth-order valence-corrected chi connectivity index (χ4v) is 4.85. The number of nitrogens with one attached hydrogen (secondary N) is 1. The highest BCUT2D eigenvalue weighted by molar-refractivity contribution is 5.82. The lowest BCUT2D eigenvalue weighted by atomic mass is 10.0. The second-order valence-corrected chi connectivity index (χ2v) is 8.94. The van der Waals surface area contributed by atoms with E-state index < -0.39 is 0 Å². The van der Waals surface area contributed by atoms with Crippen LogP contribution in [0.3, 0.4) is 0 Å². The van der Waals surface area contributed by atoms with Gasteiger partial charge in [-0.15, -0.1) is 0 Å². The number of fused-ring (bicyclic) bond motifs is 1. The summed E-state index contributed by atoms with van der Waals surface area (Å²) in [7, 11) is 0. The monoisotopic (exact) mass is 410 g/mol. The van der Waals surface area contributed by atoms with Gasteiger partial charge in [0.2, 0.25) is 5.91 Å². The quantitative estimate of drug-likeness (QED) is 0.842. The summed E-state index contributed by atoms with van der Waals surface area (Å²) in [5.41, 5.74) is 1.98. The normalized spacial score (nSPS) is 25.9. The molecule has 1 saturated carbocycles. The van der Waals surface area contributed by atoms with Crippen LogP contribution in [0.15, 0.2) is 29.1 Å². The second-order valence-electron chi connectivity index (χ2n) is 8.94. The average Bonchev–Trinajstić information content (AvgIpc) is 3.26. The first-order valence-electron chi connectivity index (χ1n) is 10.9. The number of nitrogens with zero attached hydrogens (tertiary/aromatic N) is 3. The molecule has 3 heterocycles. The number of hydrogen-bond donors (Lipinski definition) is 1. The first-order chi connectivity index (χ1) is 14.5. The highest BCUT2D eigenvalue weighted by Gasteiger charge is 2.45. The number of rotatable bonds is 4. The lowest BCUT2D eigenvalue weighted by molar-refractivity contribution is -0.134. The predicted octanol–water partition coefficient (Wildman–Crippen LogP) is 2.79. The van der Waals surface area contributed by atoms with Gasteiger partial charge in [0.15, 0.2) is 0 Å². The van der Waals surface area contributed by atoms with E-state index in [1.54, 1.807) is 12.1 Å². The van der Waals surface area contributed by atoms with Crippen LogP contribution < -0.4 is 5.56 Å². The largest absolute Gasteiger partial charge is 0.332 e. The zero-order chi connectivity index (χ0) is 20.8. The van der Waals surface area contributed by atoms with Crippen LogP contribution in [0.4, 0.5) is 4.39 Å². The molecule has 7 heteroatoms. The number of benzene rings is 1. The number of aromatic nitrogens is 2. The van der Waals surface area contributed by atoms with Gasteiger partial charge in [-0.05, 0) is 31.2 Å². The number of halogens is 1. The van der Waals surface area contributed by atoms with Crippen molar-refractivity contribution in [2.24, 2.45) is 11.8 Å². The van der Waals surface area contributed by atoms with Crippen LogP contribution in [-0.4, -0.2) is 38.8 Å². The van der Waals surface area contributed by atoms with E-state index in [4.69, 9.17) is 4.98 Å². The summed E-state index contributed by atoms with van der Waals surface area (Å²) < 4.78 is 14.0. The van der Waals surface area contributed by atoms with Crippen molar-refractivity contribution in [1.82, 2.24) is 19.8 Å². The Bertz CT molecular complexity index is 1040. The fourth-order valence-electron chi connectivity index (χ4n) is 4.85. The predicted molar refractivity (Wildman–Crippen MR) is 110 cm³/mol. The van der Waals surface area contributed by atoms with Crippen molar-refractivity contribution in [3.8, 4) is 0 Å². The van der Waals surface area contributed by atoms with Crippen molar-refractivity contribution in [2.75, 3.05) is 13.1 Å². The summed E-state index contributed by atoms with van der Waals surface area (Å²) in [5, 5.41) is 0. The number of carbonyl (C=O) groups excluding carboxylic acids is 1. The molecule has 2 aliphatic heterocycles. The molecule has 0 spiro atoms. The third-order valence-electron chi connectivity index (χ3n) is 6.80. The van der Waals surface area contributed by atoms with E-state index in [0.717, 1.165) is 38.0 Å². The summed E-state index contributed by atoms with van der Waals surface area (Å²) in [6, 6.07) is 6.63. The van der Waals surface area contributed by atoms with E-state index >= 15 is 0 Å². The lowest BCUT2D eigenvalue weighted by Crippen LogP contribution is -2.38. The molecule has 5 rings (SSSR count). The Morgan fingerprint density at radius 1 is 1.30 bits per heavy atom. The molecule has 1 saturated heterocycles. The molecule has 2 aromatic rings. The van der Waals surface area contributed by atoms with Gasteiger partial charge in [-0.2, -0.15) is 0 Å². The minimum atomic E-state index is -0.221. The van der Waals surface area contributed by atoms with Gasteiger partial charge in [0.1, 0.15) is 11.6 Å². The van der Waals surface area contributed by atoms with Crippen molar-refractivity contribution in [2.45, 2.75) is 51.7 Å². The molecule has 3 atom stereocenters. The molecule has 1 aromatic carbocycles. The minimum Gasteiger partial charge on any atom is -0.332 e. The third kappa shape index (κ3) is 3.55. The molecule has 158 valence electrons. The Morgan fingerprint density at radius 3 is 2.87 bits per heavy atom. The van der Waals surface area contributed by atoms with Gasteiger partial charge >= 0.3 is 0 Å². The molecule has 0 unspecified atom stereocenters. The molecule has 1 amide bonds. The maximum absolute atomic E-state index is 14.0. The molecule has 30 heavy (non-hydrogen) atoms. The molecular formula is C23H27FN4O2. The number of H-pyrrole nitrogens is 1. The van der Waals surface area contributed by atoms with Gasteiger partial charge in [0.05, 0.1) is 17.3 Å². The van der Waals surface area contributed by atoms with Crippen LogP contribution in [0, 0.1) is 17.7 Å². The first-order valence-corrected chi connectivity index (χ1v) is 10.9. The van der Waals surface area contributed by atoms with E-state index in [-0.39, 0.29) is 29.2 Å². The SMILES string of the molecule is C[C@@H]1C[C@H]1C(=O)N1CCC[C@H]1c1nc2c(c(=O)[nH]1)CN(Cc1ccccc1F)CC2. The van der Waals surface area contributed by atoms with Crippen LogP contribution >= 0.6 is 0 Å². The summed E-state index contributed by atoms with van der Waals surface area (Å²) in [4.78, 5) is 37.4. The Morgan fingerprint density at radius 2 is 2.10 bits per heavy atom. The van der Waals surface area contributed by atoms with Crippen molar-refractivity contribution in [3.05, 3.63) is 63.1 Å². The Balaban J connectivity index is 1.35. The van der Waals surface area contributed by atoms with Gasteiger partial charge < -0.3 is 9.88 Å². The molecule has 3 aliphatic rings. The summed E-state index contributed by atoms with van der Waals surface area (Å²) in [5.74, 6) is 1.22. The molecule has 6 nitrogen and oxygen atoms in total. The summed E-state index contributed by atoms with van der Waals surface area (Å²) in [6.45, 7) is 4.50. The van der Waals surface area contributed by atoms with E-state index in [1.807, 2.05) is 11.0 Å². The molecule has 1 N–H and O–H groups in total. The van der Waals surface area contributed by atoms with Crippen LogP contribution in [0.5, 0.6) is 0 Å². The van der Waals surface area contributed by atoms with Crippen LogP contribution in [0.2, 0.25) is 0 Å². The zero-order valence-electron chi connectivity index (χ0n) is 17.2. The number of hydrogen-bond acceptors (Lipinski definition) is 4. The number of aromatic amines is 1. The molecule has 1 aliphatic carbocycles. The Kier molecular flexibility index (Phi) is 4.93. The van der Waals surface area contributed by atoms with Gasteiger partial charge in [0, 0.05) is 44.1 Å². The van der Waals surface area contributed by atoms with E-state index in [2.05, 4.69) is 16.8 Å². The van der Waals surface area contributed by atoms with Crippen LogP contribution in [0.1, 0.15) is 54.9 Å². The third-order valence-corrected chi connectivity index (χ3v) is 6.80. The number of amides is 1. The topological polar surface area (TPSA) is 69.3 Å². The van der Waals surface area contributed by atoms with Gasteiger partial charge in [0.25, 0.3) is 5.56 Å². The standard InChI is InChI=1S/C23H27FN4O2/c1-14-11-16(14)23(30)28-9-4-7-20(28)21-25-19-8-10-27(13-17(19)22(29)26-21)12-15-5-2-3-6-18(15)24/h2-3,5-6,14,16,20H,4,7-13H2,1H3,(H,25,26,29)/t14-,16-,20+/m1/s1. The van der Waals surface area contributed by atoms with Crippen LogP contribution in [0.25, 0.3) is 0 Å². The van der Waals surface area contributed by atoms with E-state index in [0.29, 0.717) is 42.4 Å². The highest BCUT2D eigenvalue weighted by Crippen LogP contribution is 2.42. The van der Waals surface area contributed by atoms with Crippen molar-refractivity contribution < 1.29 is 9.18 Å². The van der Waals surface area contributed by atoms with Crippen molar-refractivity contribution in [3.63, 3.8) is 0 Å². The second kappa shape index (κ2) is 7.61. The van der Waals surface area contributed by atoms with Gasteiger partial charge in [-0.3, -0.25) is 14.5 Å². The minimum absolute atomic E-state index is 0.125. The number of likely N-dealkylation sites (tertiary alicyclic amines) is 1. The van der Waals surface area contributed by atoms with Gasteiger partial charge in [-0.1, -0.05) is 25.1 Å². The Labute approximate surface area is 175 Å². The molecular weight excluding hydrogens is 383 g/mol. The molecule has 2 fully saturated rings. The fraction of sp³-hybridized carbons (Fsp3) is 0.522. The first kappa shape index (κ1) is 19.4. The Hall–Kier alpha value is -2.54. The molecule has 0 radical (unpaired) electrons. The maximum Gasteiger partial charge on any atom is 0.255 e. The summed E-state index contributed by atoms with van der Waals surface area (Å²) in [6.07, 6.45) is 3.40. The lowest BCUT2D eigenvalue weighted by Gasteiger charge is -2.29. The van der Waals surface area contributed by atoms with E-state index in [9.17, 15) is 14.0 Å². The average molecular weight is 410 g/mol. The van der Waals surface area contributed by atoms with E-state index in [1.165, 1.54) is 6.07 Å². The highest BCUT2D eigenvalue weighted by atomic mass is 19.1. The summed E-state index contributed by atoms with van der Waals surface area (Å²) >= 11 is 0. The van der Waals surface area contributed by atoms with Gasteiger partial charge in [-0.25, -0.2) is 9.37 Å². The smallest absolute Gasteiger partial charge is 0.255 e.